The van der Waals surface area contributed by atoms with Gasteiger partial charge < -0.3 is 10.2 Å². The molecule has 0 saturated carbocycles. The van der Waals surface area contributed by atoms with Crippen molar-refractivity contribution in [3.63, 3.8) is 0 Å². The Balaban J connectivity index is 1.47. The van der Waals surface area contributed by atoms with E-state index in [4.69, 9.17) is 0 Å². The van der Waals surface area contributed by atoms with Crippen LogP contribution in [0.1, 0.15) is 24.2 Å². The van der Waals surface area contributed by atoms with Gasteiger partial charge in [0, 0.05) is 38.4 Å². The van der Waals surface area contributed by atoms with E-state index in [9.17, 15) is 9.18 Å². The lowest BCUT2D eigenvalue weighted by molar-refractivity contribution is 0.114. The SMILES string of the molecule is C[C@@H](c1ccsc1)N1CCN(C(=O)NCc2ncccc2F)CC1. The zero-order valence-corrected chi connectivity index (χ0v) is 14.4. The Morgan fingerprint density at radius 2 is 2.17 bits per heavy atom. The third-order valence-electron chi connectivity index (χ3n) is 4.42. The first-order chi connectivity index (χ1) is 11.6. The molecular formula is C17H21FN4OS. The molecule has 1 aliphatic rings. The summed E-state index contributed by atoms with van der Waals surface area (Å²) >= 11 is 1.71. The number of hydrogen-bond acceptors (Lipinski definition) is 4. The predicted octanol–water partition coefficient (Wildman–Crippen LogP) is 2.87. The van der Waals surface area contributed by atoms with Crippen molar-refractivity contribution < 1.29 is 9.18 Å². The van der Waals surface area contributed by atoms with Crippen molar-refractivity contribution in [2.24, 2.45) is 0 Å². The Labute approximate surface area is 145 Å². The van der Waals surface area contributed by atoms with Gasteiger partial charge in [-0.25, -0.2) is 9.18 Å². The van der Waals surface area contributed by atoms with Crippen molar-refractivity contribution in [3.05, 3.63) is 52.2 Å². The van der Waals surface area contributed by atoms with Gasteiger partial charge in [-0.1, -0.05) is 0 Å². The number of nitrogens with zero attached hydrogens (tertiary/aromatic N) is 3. The highest BCUT2D eigenvalue weighted by molar-refractivity contribution is 7.07. The van der Waals surface area contributed by atoms with Crippen LogP contribution in [0, 0.1) is 5.82 Å². The molecule has 3 heterocycles. The first kappa shape index (κ1) is 16.9. The molecule has 1 fully saturated rings. The van der Waals surface area contributed by atoms with Crippen molar-refractivity contribution >= 4 is 17.4 Å². The number of amides is 2. The van der Waals surface area contributed by atoms with E-state index in [1.54, 1.807) is 16.2 Å². The van der Waals surface area contributed by atoms with Crippen LogP contribution in [0.3, 0.4) is 0 Å². The first-order valence-electron chi connectivity index (χ1n) is 8.03. The number of piperazine rings is 1. The highest BCUT2D eigenvalue weighted by atomic mass is 32.1. The van der Waals surface area contributed by atoms with E-state index in [2.05, 4.69) is 39.0 Å². The zero-order valence-electron chi connectivity index (χ0n) is 13.6. The van der Waals surface area contributed by atoms with Gasteiger partial charge in [-0.05, 0) is 41.4 Å². The van der Waals surface area contributed by atoms with E-state index in [0.717, 1.165) is 13.1 Å². The molecule has 7 heteroatoms. The summed E-state index contributed by atoms with van der Waals surface area (Å²) in [5.41, 5.74) is 1.58. The van der Waals surface area contributed by atoms with E-state index in [-0.39, 0.29) is 18.3 Å². The molecule has 2 amide bonds. The van der Waals surface area contributed by atoms with E-state index >= 15 is 0 Å². The fourth-order valence-electron chi connectivity index (χ4n) is 2.86. The molecule has 3 rings (SSSR count). The summed E-state index contributed by atoms with van der Waals surface area (Å²) in [6, 6.07) is 5.23. The lowest BCUT2D eigenvalue weighted by atomic mass is 10.1. The molecule has 2 aromatic rings. The van der Waals surface area contributed by atoms with Crippen molar-refractivity contribution in [1.82, 2.24) is 20.1 Å². The second-order valence-electron chi connectivity index (χ2n) is 5.85. The molecule has 1 saturated heterocycles. The number of nitrogens with one attached hydrogen (secondary N) is 1. The van der Waals surface area contributed by atoms with Crippen LogP contribution in [0.2, 0.25) is 0 Å². The molecule has 1 atom stereocenters. The minimum Gasteiger partial charge on any atom is -0.332 e. The number of rotatable bonds is 4. The lowest BCUT2D eigenvalue weighted by Gasteiger charge is -2.37. The fourth-order valence-corrected chi connectivity index (χ4v) is 3.60. The van der Waals surface area contributed by atoms with Gasteiger partial charge in [-0.3, -0.25) is 9.88 Å². The largest absolute Gasteiger partial charge is 0.332 e. The maximum atomic E-state index is 13.5. The zero-order chi connectivity index (χ0) is 16.9. The first-order valence-corrected chi connectivity index (χ1v) is 8.97. The van der Waals surface area contributed by atoms with Crippen LogP contribution in [-0.4, -0.2) is 47.0 Å². The molecule has 1 N–H and O–H groups in total. The molecule has 5 nitrogen and oxygen atoms in total. The van der Waals surface area contributed by atoms with Crippen LogP contribution in [0.15, 0.2) is 35.2 Å². The summed E-state index contributed by atoms with van der Waals surface area (Å²) < 4.78 is 13.5. The third kappa shape index (κ3) is 3.91. The Bertz CT molecular complexity index is 671. The van der Waals surface area contributed by atoms with Gasteiger partial charge in [0.15, 0.2) is 0 Å². The van der Waals surface area contributed by atoms with Crippen LogP contribution in [0.5, 0.6) is 0 Å². The topological polar surface area (TPSA) is 48.5 Å². The lowest BCUT2D eigenvalue weighted by Crippen LogP contribution is -2.52. The summed E-state index contributed by atoms with van der Waals surface area (Å²) in [5, 5.41) is 7.01. The molecule has 0 aliphatic carbocycles. The van der Waals surface area contributed by atoms with Crippen LogP contribution in [-0.2, 0) is 6.54 Å². The molecule has 1 aliphatic heterocycles. The molecule has 24 heavy (non-hydrogen) atoms. The normalized spacial score (nSPS) is 16.8. The van der Waals surface area contributed by atoms with E-state index in [1.165, 1.54) is 23.9 Å². The maximum Gasteiger partial charge on any atom is 0.317 e. The van der Waals surface area contributed by atoms with Gasteiger partial charge in [-0.15, -0.1) is 0 Å². The molecule has 0 bridgehead atoms. The van der Waals surface area contributed by atoms with Gasteiger partial charge >= 0.3 is 6.03 Å². The van der Waals surface area contributed by atoms with Crippen molar-refractivity contribution in [2.45, 2.75) is 19.5 Å². The van der Waals surface area contributed by atoms with Crippen LogP contribution >= 0.6 is 11.3 Å². The Morgan fingerprint density at radius 1 is 1.38 bits per heavy atom. The minimum atomic E-state index is -0.396. The van der Waals surface area contributed by atoms with Crippen LogP contribution < -0.4 is 5.32 Å². The standard InChI is InChI=1S/C17H21FN4OS/c1-13(14-4-10-24-12-14)21-6-8-22(9-7-21)17(23)20-11-16-15(18)3-2-5-19-16/h2-5,10,12-13H,6-9,11H2,1H3,(H,20,23)/t13-/m0/s1. The van der Waals surface area contributed by atoms with Crippen LogP contribution in [0.4, 0.5) is 9.18 Å². The average molecular weight is 348 g/mol. The minimum absolute atomic E-state index is 0.108. The maximum absolute atomic E-state index is 13.5. The molecule has 0 spiro atoms. The number of halogens is 1. The number of urea groups is 1. The Hall–Kier alpha value is -1.99. The number of pyridine rings is 1. The average Bonchev–Trinajstić information content (AvgIpc) is 3.15. The number of carbonyl (C=O) groups is 1. The molecule has 0 radical (unpaired) electrons. The molecule has 0 aromatic carbocycles. The van der Waals surface area contributed by atoms with Gasteiger partial charge in [0.1, 0.15) is 5.82 Å². The second-order valence-corrected chi connectivity index (χ2v) is 6.63. The fraction of sp³-hybridized carbons (Fsp3) is 0.412. The smallest absolute Gasteiger partial charge is 0.317 e. The monoisotopic (exact) mass is 348 g/mol. The molecular weight excluding hydrogens is 327 g/mol. The number of aromatic nitrogens is 1. The quantitative estimate of drug-likeness (QED) is 0.924. The van der Waals surface area contributed by atoms with Crippen molar-refractivity contribution in [2.75, 3.05) is 26.2 Å². The van der Waals surface area contributed by atoms with Gasteiger partial charge in [-0.2, -0.15) is 11.3 Å². The van der Waals surface area contributed by atoms with Crippen molar-refractivity contribution in [1.29, 1.82) is 0 Å². The van der Waals surface area contributed by atoms with E-state index in [1.807, 2.05) is 0 Å². The summed E-state index contributed by atoms with van der Waals surface area (Å²) in [7, 11) is 0. The van der Waals surface area contributed by atoms with E-state index < -0.39 is 5.82 Å². The molecule has 0 unspecified atom stereocenters. The van der Waals surface area contributed by atoms with Gasteiger partial charge in [0.05, 0.1) is 12.2 Å². The second kappa shape index (κ2) is 7.72. The summed E-state index contributed by atoms with van der Waals surface area (Å²) in [6.07, 6.45) is 1.52. The molecule has 128 valence electrons. The summed E-state index contributed by atoms with van der Waals surface area (Å²) in [4.78, 5) is 20.3. The highest BCUT2D eigenvalue weighted by Crippen LogP contribution is 2.23. The number of thiophene rings is 1. The highest BCUT2D eigenvalue weighted by Gasteiger charge is 2.24. The van der Waals surface area contributed by atoms with Gasteiger partial charge in [0.25, 0.3) is 0 Å². The molecule has 2 aromatic heterocycles. The summed E-state index contributed by atoms with van der Waals surface area (Å²) in [5.74, 6) is -0.396. The summed E-state index contributed by atoms with van der Waals surface area (Å²) in [6.45, 7) is 5.32. The Kier molecular flexibility index (Phi) is 5.42. The predicted molar refractivity (Wildman–Crippen MR) is 92.3 cm³/mol. The number of carbonyl (C=O) groups excluding carboxylic acids is 1. The number of hydrogen-bond donors (Lipinski definition) is 1. The van der Waals surface area contributed by atoms with Crippen molar-refractivity contribution in [3.8, 4) is 0 Å². The van der Waals surface area contributed by atoms with Gasteiger partial charge in [0.2, 0.25) is 0 Å². The Morgan fingerprint density at radius 3 is 2.83 bits per heavy atom. The third-order valence-corrected chi connectivity index (χ3v) is 5.12. The van der Waals surface area contributed by atoms with E-state index in [0.29, 0.717) is 19.1 Å². The van der Waals surface area contributed by atoms with Crippen LogP contribution in [0.25, 0.3) is 0 Å².